The van der Waals surface area contributed by atoms with Gasteiger partial charge in [0.05, 0.1) is 17.6 Å². The number of hydrogen-bond donors (Lipinski definition) is 2. The summed E-state index contributed by atoms with van der Waals surface area (Å²) < 4.78 is 5.04. The number of hydrogen-bond acceptors (Lipinski definition) is 4. The molecule has 1 aromatic heterocycles. The molecule has 1 aliphatic heterocycles. The van der Waals surface area contributed by atoms with E-state index in [4.69, 9.17) is 4.74 Å². The molecular formula is C11H17N3O. The van der Waals surface area contributed by atoms with Gasteiger partial charge < -0.3 is 15.4 Å². The SMILES string of the molecule is COCCCC1CNc2cnccc2N1. The number of fused-ring (bicyclic) bond motifs is 1. The van der Waals surface area contributed by atoms with Crippen molar-refractivity contribution in [3.05, 3.63) is 18.5 Å². The van der Waals surface area contributed by atoms with E-state index < -0.39 is 0 Å². The number of nitrogens with one attached hydrogen (secondary N) is 2. The summed E-state index contributed by atoms with van der Waals surface area (Å²) in [5.41, 5.74) is 2.25. The van der Waals surface area contributed by atoms with E-state index in [1.54, 1.807) is 7.11 Å². The molecule has 0 aromatic carbocycles. The number of methoxy groups -OCH3 is 1. The molecule has 2 rings (SSSR count). The Labute approximate surface area is 90.0 Å². The summed E-state index contributed by atoms with van der Waals surface area (Å²) in [4.78, 5) is 4.08. The van der Waals surface area contributed by atoms with Crippen LogP contribution in [0.2, 0.25) is 0 Å². The van der Waals surface area contributed by atoms with Crippen LogP contribution in [-0.2, 0) is 4.74 Å². The molecule has 2 N–H and O–H groups in total. The van der Waals surface area contributed by atoms with Gasteiger partial charge in [0.2, 0.25) is 0 Å². The minimum Gasteiger partial charge on any atom is -0.385 e. The smallest absolute Gasteiger partial charge is 0.0763 e. The van der Waals surface area contributed by atoms with E-state index in [0.29, 0.717) is 6.04 Å². The molecule has 0 saturated heterocycles. The number of anilines is 2. The lowest BCUT2D eigenvalue weighted by Crippen LogP contribution is -2.33. The molecule has 1 aromatic rings. The van der Waals surface area contributed by atoms with Crippen molar-refractivity contribution >= 4 is 11.4 Å². The second-order valence-electron chi connectivity index (χ2n) is 3.78. The largest absolute Gasteiger partial charge is 0.385 e. The zero-order valence-electron chi connectivity index (χ0n) is 8.99. The molecule has 82 valence electrons. The van der Waals surface area contributed by atoms with Gasteiger partial charge in [-0.15, -0.1) is 0 Å². The van der Waals surface area contributed by atoms with Crippen molar-refractivity contribution < 1.29 is 4.74 Å². The Bertz CT molecular complexity index is 316. The van der Waals surface area contributed by atoms with Crippen molar-refractivity contribution in [2.24, 2.45) is 0 Å². The molecule has 4 nitrogen and oxygen atoms in total. The molecule has 0 aliphatic carbocycles. The Balaban J connectivity index is 1.88. The molecule has 0 amide bonds. The molecule has 0 saturated carbocycles. The van der Waals surface area contributed by atoms with E-state index in [1.807, 2.05) is 18.5 Å². The van der Waals surface area contributed by atoms with Crippen molar-refractivity contribution in [1.82, 2.24) is 4.98 Å². The highest BCUT2D eigenvalue weighted by Crippen LogP contribution is 2.25. The zero-order chi connectivity index (χ0) is 10.5. The number of nitrogens with zero attached hydrogens (tertiary/aromatic N) is 1. The van der Waals surface area contributed by atoms with E-state index in [0.717, 1.165) is 37.4 Å². The van der Waals surface area contributed by atoms with Gasteiger partial charge in [-0.1, -0.05) is 0 Å². The van der Waals surface area contributed by atoms with Gasteiger partial charge in [-0.05, 0) is 18.9 Å². The highest BCUT2D eigenvalue weighted by atomic mass is 16.5. The van der Waals surface area contributed by atoms with Crippen molar-refractivity contribution in [2.45, 2.75) is 18.9 Å². The fourth-order valence-electron chi connectivity index (χ4n) is 1.81. The van der Waals surface area contributed by atoms with Gasteiger partial charge >= 0.3 is 0 Å². The van der Waals surface area contributed by atoms with Crippen LogP contribution in [0.5, 0.6) is 0 Å². The Hall–Kier alpha value is -1.29. The Kier molecular flexibility index (Phi) is 3.40. The van der Waals surface area contributed by atoms with Crippen LogP contribution in [0.3, 0.4) is 0 Å². The highest BCUT2D eigenvalue weighted by Gasteiger charge is 2.15. The Morgan fingerprint density at radius 3 is 3.33 bits per heavy atom. The first-order valence-electron chi connectivity index (χ1n) is 5.33. The van der Waals surface area contributed by atoms with E-state index in [1.165, 1.54) is 0 Å². The van der Waals surface area contributed by atoms with Crippen LogP contribution in [0.25, 0.3) is 0 Å². The molecule has 4 heteroatoms. The van der Waals surface area contributed by atoms with Crippen LogP contribution in [-0.4, -0.2) is 31.3 Å². The van der Waals surface area contributed by atoms with E-state index in [-0.39, 0.29) is 0 Å². The summed E-state index contributed by atoms with van der Waals surface area (Å²) in [5.74, 6) is 0. The van der Waals surface area contributed by atoms with Gasteiger partial charge in [0.1, 0.15) is 0 Å². The second kappa shape index (κ2) is 4.98. The molecule has 0 spiro atoms. The molecule has 0 fully saturated rings. The van der Waals surface area contributed by atoms with Gasteiger partial charge in [0.25, 0.3) is 0 Å². The summed E-state index contributed by atoms with van der Waals surface area (Å²) in [6.45, 7) is 1.80. The molecule has 1 atom stereocenters. The highest BCUT2D eigenvalue weighted by molar-refractivity contribution is 5.69. The van der Waals surface area contributed by atoms with Crippen LogP contribution in [0.1, 0.15) is 12.8 Å². The lowest BCUT2D eigenvalue weighted by Gasteiger charge is -2.27. The maximum atomic E-state index is 5.04. The molecule has 1 unspecified atom stereocenters. The monoisotopic (exact) mass is 207 g/mol. The molecular weight excluding hydrogens is 190 g/mol. The first-order valence-corrected chi connectivity index (χ1v) is 5.33. The van der Waals surface area contributed by atoms with Crippen molar-refractivity contribution in [2.75, 3.05) is 30.9 Å². The van der Waals surface area contributed by atoms with Gasteiger partial charge in [-0.25, -0.2) is 0 Å². The summed E-state index contributed by atoms with van der Waals surface area (Å²) in [6.07, 6.45) is 5.89. The summed E-state index contributed by atoms with van der Waals surface area (Å²) in [6, 6.07) is 2.50. The fraction of sp³-hybridized carbons (Fsp3) is 0.545. The van der Waals surface area contributed by atoms with Crippen molar-refractivity contribution in [3.8, 4) is 0 Å². The minimum absolute atomic E-state index is 0.495. The first kappa shape index (κ1) is 10.2. The van der Waals surface area contributed by atoms with Gasteiger partial charge in [0, 0.05) is 32.5 Å². The standard InChI is InChI=1S/C11H17N3O/c1-15-6-2-3-9-7-13-11-8-12-5-4-10(11)14-9/h4-5,8-9,13-14H,2-3,6-7H2,1H3. The lowest BCUT2D eigenvalue weighted by molar-refractivity contribution is 0.191. The second-order valence-corrected chi connectivity index (χ2v) is 3.78. The molecule has 0 bridgehead atoms. The van der Waals surface area contributed by atoms with Gasteiger partial charge in [-0.2, -0.15) is 0 Å². The van der Waals surface area contributed by atoms with Crippen LogP contribution < -0.4 is 10.6 Å². The van der Waals surface area contributed by atoms with E-state index in [2.05, 4.69) is 15.6 Å². The average Bonchev–Trinajstić information content (AvgIpc) is 2.29. The maximum Gasteiger partial charge on any atom is 0.0763 e. The van der Waals surface area contributed by atoms with Gasteiger partial charge in [0.15, 0.2) is 0 Å². The Morgan fingerprint density at radius 2 is 2.47 bits per heavy atom. The third-order valence-corrected chi connectivity index (χ3v) is 2.62. The first-order chi connectivity index (χ1) is 7.40. The van der Waals surface area contributed by atoms with E-state index >= 15 is 0 Å². The van der Waals surface area contributed by atoms with E-state index in [9.17, 15) is 0 Å². The third kappa shape index (κ3) is 2.59. The quantitative estimate of drug-likeness (QED) is 0.738. The van der Waals surface area contributed by atoms with Crippen LogP contribution in [0, 0.1) is 0 Å². The molecule has 2 heterocycles. The predicted octanol–water partition coefficient (Wildman–Crippen LogP) is 1.71. The van der Waals surface area contributed by atoms with Crippen LogP contribution in [0.4, 0.5) is 11.4 Å². The summed E-state index contributed by atoms with van der Waals surface area (Å²) in [7, 11) is 1.74. The molecule has 15 heavy (non-hydrogen) atoms. The third-order valence-electron chi connectivity index (χ3n) is 2.62. The number of ether oxygens (including phenoxy) is 1. The minimum atomic E-state index is 0.495. The van der Waals surface area contributed by atoms with Crippen LogP contribution in [0.15, 0.2) is 18.5 Å². The topological polar surface area (TPSA) is 46.2 Å². The van der Waals surface area contributed by atoms with Gasteiger partial charge in [-0.3, -0.25) is 4.98 Å². The molecule has 0 radical (unpaired) electrons. The zero-order valence-corrected chi connectivity index (χ0v) is 8.99. The summed E-state index contributed by atoms with van der Waals surface area (Å²) >= 11 is 0. The number of pyridine rings is 1. The predicted molar refractivity (Wildman–Crippen MR) is 61.2 cm³/mol. The lowest BCUT2D eigenvalue weighted by atomic mass is 10.1. The number of rotatable bonds is 4. The summed E-state index contributed by atoms with van der Waals surface area (Å²) in [5, 5.41) is 6.87. The normalized spacial score (nSPS) is 18.9. The maximum absolute atomic E-state index is 5.04. The van der Waals surface area contributed by atoms with Crippen molar-refractivity contribution in [3.63, 3.8) is 0 Å². The van der Waals surface area contributed by atoms with Crippen molar-refractivity contribution in [1.29, 1.82) is 0 Å². The number of aromatic nitrogens is 1. The van der Waals surface area contributed by atoms with Crippen LogP contribution >= 0.6 is 0 Å². The molecule has 1 aliphatic rings. The Morgan fingerprint density at radius 1 is 1.53 bits per heavy atom. The fourth-order valence-corrected chi connectivity index (χ4v) is 1.81. The average molecular weight is 207 g/mol.